The van der Waals surface area contributed by atoms with Gasteiger partial charge in [0, 0.05) is 33.0 Å². The maximum atomic E-state index is 12.6. The van der Waals surface area contributed by atoms with E-state index in [9.17, 15) is 4.79 Å². The molecule has 0 N–H and O–H groups in total. The number of nitrogens with zero attached hydrogens (tertiary/aromatic N) is 3. The molecule has 0 aliphatic carbocycles. The lowest BCUT2D eigenvalue weighted by Gasteiger charge is -2.32. The lowest BCUT2D eigenvalue weighted by atomic mass is 10.1. The van der Waals surface area contributed by atoms with E-state index >= 15 is 0 Å². The van der Waals surface area contributed by atoms with Crippen molar-refractivity contribution in [3.63, 3.8) is 0 Å². The second-order valence-corrected chi connectivity index (χ2v) is 6.21. The van der Waals surface area contributed by atoms with Gasteiger partial charge in [0.1, 0.15) is 17.5 Å². The van der Waals surface area contributed by atoms with E-state index in [1.54, 1.807) is 10.9 Å². The van der Waals surface area contributed by atoms with Crippen molar-refractivity contribution in [1.29, 1.82) is 0 Å². The SMILES string of the molecule is Cc1ccc(OC2CCN(C(=O)c3c(C)ncn3C)CC2)cc1. The van der Waals surface area contributed by atoms with E-state index in [0.29, 0.717) is 5.69 Å². The van der Waals surface area contributed by atoms with E-state index in [-0.39, 0.29) is 12.0 Å². The summed E-state index contributed by atoms with van der Waals surface area (Å²) in [6, 6.07) is 8.12. The number of aryl methyl sites for hydroxylation is 3. The highest BCUT2D eigenvalue weighted by Crippen LogP contribution is 2.21. The standard InChI is InChI=1S/C18H23N3O2/c1-13-4-6-15(7-5-13)23-16-8-10-21(11-9-16)18(22)17-14(2)19-12-20(17)3/h4-7,12,16H,8-11H2,1-3H3. The van der Waals surface area contributed by atoms with Gasteiger partial charge < -0.3 is 14.2 Å². The zero-order chi connectivity index (χ0) is 16.4. The van der Waals surface area contributed by atoms with E-state index in [1.165, 1.54) is 5.56 Å². The van der Waals surface area contributed by atoms with Crippen LogP contribution < -0.4 is 4.74 Å². The Morgan fingerprint density at radius 1 is 1.17 bits per heavy atom. The summed E-state index contributed by atoms with van der Waals surface area (Å²) in [6.45, 7) is 5.38. The molecule has 1 aromatic heterocycles. The van der Waals surface area contributed by atoms with Gasteiger partial charge in [-0.05, 0) is 26.0 Å². The van der Waals surface area contributed by atoms with Crippen LogP contribution in [0.4, 0.5) is 0 Å². The lowest BCUT2D eigenvalue weighted by Crippen LogP contribution is -2.42. The first-order chi connectivity index (χ1) is 11.0. The van der Waals surface area contributed by atoms with Crippen LogP contribution in [0, 0.1) is 13.8 Å². The second-order valence-electron chi connectivity index (χ2n) is 6.21. The summed E-state index contributed by atoms with van der Waals surface area (Å²) in [7, 11) is 1.86. The summed E-state index contributed by atoms with van der Waals surface area (Å²) in [4.78, 5) is 18.7. The fourth-order valence-corrected chi connectivity index (χ4v) is 2.99. The smallest absolute Gasteiger partial charge is 0.272 e. The summed E-state index contributed by atoms with van der Waals surface area (Å²) in [5, 5.41) is 0. The predicted molar refractivity (Wildman–Crippen MR) is 88.7 cm³/mol. The molecule has 0 radical (unpaired) electrons. The highest BCUT2D eigenvalue weighted by molar-refractivity contribution is 5.93. The molecule has 5 heteroatoms. The lowest BCUT2D eigenvalue weighted by molar-refractivity contribution is 0.0586. The highest BCUT2D eigenvalue weighted by Gasteiger charge is 2.27. The van der Waals surface area contributed by atoms with Crippen LogP contribution in [0.5, 0.6) is 5.75 Å². The molecule has 1 saturated heterocycles. The summed E-state index contributed by atoms with van der Waals surface area (Å²) < 4.78 is 7.82. The Kier molecular flexibility index (Phi) is 4.37. The van der Waals surface area contributed by atoms with Crippen molar-refractivity contribution in [2.24, 2.45) is 7.05 Å². The Balaban J connectivity index is 1.58. The van der Waals surface area contributed by atoms with Gasteiger partial charge in [-0.2, -0.15) is 0 Å². The first kappa shape index (κ1) is 15.6. The number of piperidine rings is 1. The van der Waals surface area contributed by atoms with Gasteiger partial charge >= 0.3 is 0 Å². The Morgan fingerprint density at radius 3 is 2.39 bits per heavy atom. The van der Waals surface area contributed by atoms with E-state index in [1.807, 2.05) is 31.0 Å². The first-order valence-electron chi connectivity index (χ1n) is 8.05. The number of rotatable bonds is 3. The third-order valence-electron chi connectivity index (χ3n) is 4.38. The molecule has 122 valence electrons. The molecule has 23 heavy (non-hydrogen) atoms. The molecule has 1 amide bonds. The number of aromatic nitrogens is 2. The molecular formula is C18H23N3O2. The summed E-state index contributed by atoms with van der Waals surface area (Å²) in [6.07, 6.45) is 3.58. The third kappa shape index (κ3) is 3.38. The maximum Gasteiger partial charge on any atom is 0.272 e. The van der Waals surface area contributed by atoms with E-state index in [4.69, 9.17) is 4.74 Å². The number of amides is 1. The molecule has 1 aliphatic heterocycles. The van der Waals surface area contributed by atoms with Crippen LogP contribution in [0.1, 0.15) is 34.6 Å². The average Bonchev–Trinajstić information content (AvgIpc) is 2.88. The minimum Gasteiger partial charge on any atom is -0.490 e. The monoisotopic (exact) mass is 313 g/mol. The van der Waals surface area contributed by atoms with Crippen LogP contribution >= 0.6 is 0 Å². The van der Waals surface area contributed by atoms with Gasteiger partial charge in [0.15, 0.2) is 0 Å². The Hall–Kier alpha value is -2.30. The molecular weight excluding hydrogens is 290 g/mol. The topological polar surface area (TPSA) is 47.4 Å². The third-order valence-corrected chi connectivity index (χ3v) is 4.38. The summed E-state index contributed by atoms with van der Waals surface area (Å²) in [5.74, 6) is 0.971. The molecule has 2 heterocycles. The maximum absolute atomic E-state index is 12.6. The molecule has 3 rings (SSSR count). The molecule has 5 nitrogen and oxygen atoms in total. The molecule has 2 aromatic rings. The second kappa shape index (κ2) is 6.44. The van der Waals surface area contributed by atoms with Gasteiger partial charge in [-0.15, -0.1) is 0 Å². The fraction of sp³-hybridized carbons (Fsp3) is 0.444. The molecule has 0 saturated carbocycles. The first-order valence-corrected chi connectivity index (χ1v) is 8.05. The number of carbonyl (C=O) groups is 1. The van der Waals surface area contributed by atoms with Crippen LogP contribution in [0.25, 0.3) is 0 Å². The molecule has 1 fully saturated rings. The van der Waals surface area contributed by atoms with E-state index in [0.717, 1.165) is 37.4 Å². The number of hydrogen-bond donors (Lipinski definition) is 0. The van der Waals surface area contributed by atoms with Crippen molar-refractivity contribution in [3.8, 4) is 5.75 Å². The number of imidazole rings is 1. The molecule has 0 spiro atoms. The Morgan fingerprint density at radius 2 is 1.83 bits per heavy atom. The van der Waals surface area contributed by atoms with E-state index < -0.39 is 0 Å². The zero-order valence-corrected chi connectivity index (χ0v) is 14.0. The number of hydrogen-bond acceptors (Lipinski definition) is 3. The van der Waals surface area contributed by atoms with Gasteiger partial charge in [0.2, 0.25) is 0 Å². The predicted octanol–water partition coefficient (Wildman–Crippen LogP) is 2.72. The number of likely N-dealkylation sites (tertiary alicyclic amines) is 1. The van der Waals surface area contributed by atoms with Crippen molar-refractivity contribution in [2.45, 2.75) is 32.8 Å². The Bertz CT molecular complexity index is 663. The fourth-order valence-electron chi connectivity index (χ4n) is 2.99. The van der Waals surface area contributed by atoms with Gasteiger partial charge in [0.25, 0.3) is 5.91 Å². The van der Waals surface area contributed by atoms with Crippen LogP contribution in [0.15, 0.2) is 30.6 Å². The van der Waals surface area contributed by atoms with Crippen molar-refractivity contribution >= 4 is 5.91 Å². The van der Waals surface area contributed by atoms with Gasteiger partial charge in [-0.25, -0.2) is 4.98 Å². The average molecular weight is 313 g/mol. The van der Waals surface area contributed by atoms with Crippen molar-refractivity contribution in [2.75, 3.05) is 13.1 Å². The molecule has 0 unspecified atom stereocenters. The van der Waals surface area contributed by atoms with Gasteiger partial charge in [-0.3, -0.25) is 4.79 Å². The largest absolute Gasteiger partial charge is 0.490 e. The number of carbonyl (C=O) groups excluding carboxylic acids is 1. The Labute approximate surface area is 136 Å². The van der Waals surface area contributed by atoms with Crippen LogP contribution in [0.2, 0.25) is 0 Å². The normalized spacial score (nSPS) is 15.7. The van der Waals surface area contributed by atoms with Gasteiger partial charge in [-0.1, -0.05) is 17.7 Å². The van der Waals surface area contributed by atoms with Crippen LogP contribution in [-0.2, 0) is 7.05 Å². The summed E-state index contributed by atoms with van der Waals surface area (Å²) in [5.41, 5.74) is 2.70. The highest BCUT2D eigenvalue weighted by atomic mass is 16.5. The zero-order valence-electron chi connectivity index (χ0n) is 14.0. The van der Waals surface area contributed by atoms with Crippen molar-refractivity contribution in [1.82, 2.24) is 14.5 Å². The van der Waals surface area contributed by atoms with Crippen molar-refractivity contribution < 1.29 is 9.53 Å². The van der Waals surface area contributed by atoms with E-state index in [2.05, 4.69) is 24.0 Å². The molecule has 0 atom stereocenters. The summed E-state index contributed by atoms with van der Waals surface area (Å²) >= 11 is 0. The quantitative estimate of drug-likeness (QED) is 0.875. The van der Waals surface area contributed by atoms with Crippen LogP contribution in [0.3, 0.4) is 0 Å². The van der Waals surface area contributed by atoms with Crippen molar-refractivity contribution in [3.05, 3.63) is 47.5 Å². The minimum atomic E-state index is 0.0660. The molecule has 1 aliphatic rings. The van der Waals surface area contributed by atoms with Crippen LogP contribution in [-0.4, -0.2) is 39.6 Å². The minimum absolute atomic E-state index is 0.0660. The molecule has 1 aromatic carbocycles. The number of ether oxygens (including phenoxy) is 1. The molecule has 0 bridgehead atoms. The number of benzene rings is 1. The van der Waals surface area contributed by atoms with Gasteiger partial charge in [0.05, 0.1) is 12.0 Å².